The van der Waals surface area contributed by atoms with Crippen LogP contribution < -0.4 is 0 Å². The second-order valence-corrected chi connectivity index (χ2v) is 9.53. The Labute approximate surface area is 142 Å². The van der Waals surface area contributed by atoms with Crippen molar-refractivity contribution in [3.8, 4) is 0 Å². The van der Waals surface area contributed by atoms with Crippen molar-refractivity contribution in [3.63, 3.8) is 0 Å². The topological polar surface area (TPSA) is 0 Å². The summed E-state index contributed by atoms with van der Waals surface area (Å²) < 4.78 is 2.51. The quantitative estimate of drug-likeness (QED) is 0.251. The number of hydrogen-bond acceptors (Lipinski definition) is 0. The molecule has 2 atom stereocenters. The number of rotatable bonds is 7. The van der Waals surface area contributed by atoms with Crippen molar-refractivity contribution in [1.82, 2.24) is 0 Å². The maximum atomic E-state index is 3.96. The maximum Gasteiger partial charge on any atom is 0.144 e. The number of hydrogen-bond donors (Lipinski definition) is 0. The van der Waals surface area contributed by atoms with E-state index >= 15 is 0 Å². The van der Waals surface area contributed by atoms with Crippen LogP contribution >= 0.6 is 31.9 Å². The predicted molar refractivity (Wildman–Crippen MR) is 94.2 cm³/mol. The SMILES string of the molecule is C[N+]1(C(Br)CCCCC(Br)[N+]2(C)CCCC2)CCCC1. The van der Waals surface area contributed by atoms with Crippen LogP contribution in [0.25, 0.3) is 0 Å². The van der Waals surface area contributed by atoms with E-state index in [-0.39, 0.29) is 0 Å². The lowest BCUT2D eigenvalue weighted by Gasteiger charge is -2.35. The summed E-state index contributed by atoms with van der Waals surface area (Å²) >= 11 is 7.92. The number of likely N-dealkylation sites (tertiary alicyclic amines) is 2. The molecule has 2 unspecified atom stereocenters. The van der Waals surface area contributed by atoms with Crippen LogP contribution in [0.15, 0.2) is 0 Å². The monoisotopic (exact) mass is 410 g/mol. The first kappa shape index (κ1) is 17.2. The highest BCUT2D eigenvalue weighted by molar-refractivity contribution is 9.09. The van der Waals surface area contributed by atoms with Crippen molar-refractivity contribution >= 4 is 31.9 Å². The summed E-state index contributed by atoms with van der Waals surface area (Å²) in [6.07, 6.45) is 11.1. The van der Waals surface area contributed by atoms with E-state index in [1.165, 1.54) is 86.5 Å². The fourth-order valence-electron chi connectivity index (χ4n) is 3.92. The first-order chi connectivity index (χ1) is 9.46. The van der Waals surface area contributed by atoms with Gasteiger partial charge in [0.2, 0.25) is 0 Å². The van der Waals surface area contributed by atoms with Gasteiger partial charge in [-0.05, 0) is 44.7 Å². The van der Waals surface area contributed by atoms with Crippen LogP contribution in [0.5, 0.6) is 0 Å². The Morgan fingerprint density at radius 2 is 1.00 bits per heavy atom. The molecule has 4 heteroatoms. The maximum absolute atomic E-state index is 3.96. The molecule has 0 radical (unpaired) electrons. The molecule has 20 heavy (non-hydrogen) atoms. The molecule has 0 aromatic rings. The van der Waals surface area contributed by atoms with Crippen molar-refractivity contribution in [2.45, 2.75) is 61.3 Å². The van der Waals surface area contributed by atoms with Crippen LogP contribution in [0.4, 0.5) is 0 Å². The van der Waals surface area contributed by atoms with E-state index in [0.717, 1.165) is 0 Å². The minimum absolute atomic E-state index is 0.676. The van der Waals surface area contributed by atoms with E-state index in [2.05, 4.69) is 46.0 Å². The Balaban J connectivity index is 1.63. The highest BCUT2D eigenvalue weighted by Crippen LogP contribution is 2.30. The lowest BCUT2D eigenvalue weighted by Crippen LogP contribution is -2.47. The third-order valence-electron chi connectivity index (χ3n) is 5.66. The predicted octanol–water partition coefficient (Wildman–Crippen LogP) is 4.47. The van der Waals surface area contributed by atoms with Crippen LogP contribution in [0, 0.1) is 0 Å². The zero-order valence-electron chi connectivity index (χ0n) is 13.3. The number of alkyl halides is 2. The van der Waals surface area contributed by atoms with Gasteiger partial charge in [-0.3, -0.25) is 0 Å². The van der Waals surface area contributed by atoms with Crippen molar-refractivity contribution in [2.24, 2.45) is 0 Å². The van der Waals surface area contributed by atoms with Gasteiger partial charge in [0.05, 0.1) is 40.3 Å². The van der Waals surface area contributed by atoms with E-state index in [9.17, 15) is 0 Å². The van der Waals surface area contributed by atoms with Gasteiger partial charge >= 0.3 is 0 Å². The molecule has 2 fully saturated rings. The van der Waals surface area contributed by atoms with Gasteiger partial charge in [-0.25, -0.2) is 0 Å². The Morgan fingerprint density at radius 3 is 1.30 bits per heavy atom. The lowest BCUT2D eigenvalue weighted by atomic mass is 10.1. The van der Waals surface area contributed by atoms with Gasteiger partial charge in [-0.15, -0.1) is 0 Å². The zero-order valence-corrected chi connectivity index (χ0v) is 16.5. The van der Waals surface area contributed by atoms with Gasteiger partial charge < -0.3 is 8.97 Å². The Hall–Kier alpha value is 0.880. The molecule has 2 aliphatic heterocycles. The average Bonchev–Trinajstić information content (AvgIpc) is 3.05. The molecule has 0 N–H and O–H groups in total. The molecule has 0 bridgehead atoms. The summed E-state index contributed by atoms with van der Waals surface area (Å²) in [6.45, 7) is 5.47. The number of unbranched alkanes of at least 4 members (excludes halogenated alkanes) is 1. The van der Waals surface area contributed by atoms with Gasteiger partial charge in [0.25, 0.3) is 0 Å². The summed E-state index contributed by atoms with van der Waals surface area (Å²) in [5, 5.41) is 0. The molecule has 2 saturated heterocycles. The third kappa shape index (κ3) is 4.21. The molecular weight excluding hydrogens is 380 g/mol. The van der Waals surface area contributed by atoms with Crippen molar-refractivity contribution in [3.05, 3.63) is 0 Å². The Kier molecular flexibility index (Phi) is 6.40. The molecule has 2 aliphatic rings. The van der Waals surface area contributed by atoms with Crippen LogP contribution in [-0.2, 0) is 0 Å². The van der Waals surface area contributed by atoms with Gasteiger partial charge in [-0.1, -0.05) is 0 Å². The summed E-state index contributed by atoms with van der Waals surface area (Å²) in [7, 11) is 4.85. The van der Waals surface area contributed by atoms with Crippen LogP contribution in [0.1, 0.15) is 51.4 Å². The second kappa shape index (κ2) is 7.43. The zero-order chi connectivity index (χ0) is 14.6. The van der Waals surface area contributed by atoms with Gasteiger partial charge in [-0.2, -0.15) is 0 Å². The van der Waals surface area contributed by atoms with Crippen LogP contribution in [0.2, 0.25) is 0 Å². The van der Waals surface area contributed by atoms with E-state index < -0.39 is 0 Å². The summed E-state index contributed by atoms with van der Waals surface area (Å²) in [5.74, 6) is 0. The molecule has 0 spiro atoms. The van der Waals surface area contributed by atoms with E-state index in [4.69, 9.17) is 0 Å². The van der Waals surface area contributed by atoms with Gasteiger partial charge in [0.1, 0.15) is 9.90 Å². The highest BCUT2D eigenvalue weighted by Gasteiger charge is 2.35. The standard InChI is InChI=1S/C16H32Br2N2/c1-19(11-5-6-12-19)15(17)9-3-4-10-16(18)20(2)13-7-8-14-20/h15-16H,3-14H2,1-2H3/q+2. The molecule has 0 aromatic carbocycles. The molecule has 2 rings (SSSR count). The van der Waals surface area contributed by atoms with E-state index in [1.807, 2.05) is 0 Å². The summed E-state index contributed by atoms with van der Waals surface area (Å²) in [6, 6.07) is 0. The fraction of sp³-hybridized carbons (Fsp3) is 1.00. The molecule has 118 valence electrons. The Morgan fingerprint density at radius 1 is 0.700 bits per heavy atom. The van der Waals surface area contributed by atoms with Gasteiger partial charge in [0, 0.05) is 38.5 Å². The molecular formula is C16H32Br2N2+2. The number of halogens is 2. The average molecular weight is 412 g/mol. The normalized spacial score (nSPS) is 27.6. The molecule has 0 aliphatic carbocycles. The van der Waals surface area contributed by atoms with Crippen molar-refractivity contribution in [1.29, 1.82) is 0 Å². The van der Waals surface area contributed by atoms with Crippen molar-refractivity contribution in [2.75, 3.05) is 40.3 Å². The molecule has 2 heterocycles. The third-order valence-corrected chi connectivity index (χ3v) is 8.56. The van der Waals surface area contributed by atoms with Crippen molar-refractivity contribution < 1.29 is 8.97 Å². The summed E-state index contributed by atoms with van der Waals surface area (Å²) in [5.41, 5.74) is 0. The fourth-order valence-corrected chi connectivity index (χ4v) is 5.39. The molecule has 2 nitrogen and oxygen atoms in total. The smallest absolute Gasteiger partial charge is 0.144 e. The number of quaternary nitrogens is 2. The molecule has 0 saturated carbocycles. The molecule has 0 aromatic heterocycles. The minimum atomic E-state index is 0.676. The lowest BCUT2D eigenvalue weighted by molar-refractivity contribution is -0.907. The second-order valence-electron chi connectivity index (χ2n) is 7.42. The first-order valence-electron chi connectivity index (χ1n) is 8.43. The molecule has 0 amide bonds. The van der Waals surface area contributed by atoms with E-state index in [1.54, 1.807) is 0 Å². The Bertz CT molecular complexity index is 267. The minimum Gasteiger partial charge on any atom is -0.315 e. The summed E-state index contributed by atoms with van der Waals surface area (Å²) in [4.78, 5) is 1.35. The van der Waals surface area contributed by atoms with Gasteiger partial charge in [0.15, 0.2) is 0 Å². The van der Waals surface area contributed by atoms with Crippen LogP contribution in [-0.4, -0.2) is 59.1 Å². The van der Waals surface area contributed by atoms with E-state index in [0.29, 0.717) is 9.90 Å². The largest absolute Gasteiger partial charge is 0.315 e. The number of nitrogens with zero attached hydrogens (tertiary/aromatic N) is 2. The first-order valence-corrected chi connectivity index (χ1v) is 10.3. The van der Waals surface area contributed by atoms with Crippen LogP contribution in [0.3, 0.4) is 0 Å². The highest BCUT2D eigenvalue weighted by atomic mass is 79.9.